The van der Waals surface area contributed by atoms with Crippen LogP contribution < -0.4 is 4.90 Å². The number of anilines is 1. The predicted octanol–water partition coefficient (Wildman–Crippen LogP) is 5.46. The molecule has 0 bridgehead atoms. The first kappa shape index (κ1) is 22.7. The zero-order valence-corrected chi connectivity index (χ0v) is 20.0. The lowest BCUT2D eigenvalue weighted by molar-refractivity contribution is -0.113. The molecule has 4 rings (SSSR count). The van der Waals surface area contributed by atoms with Gasteiger partial charge in [-0.2, -0.15) is 0 Å². The minimum absolute atomic E-state index is 0.286. The second-order valence-corrected chi connectivity index (χ2v) is 8.83. The van der Waals surface area contributed by atoms with E-state index >= 15 is 0 Å². The monoisotopic (exact) mass is 463 g/mol. The molecule has 1 saturated heterocycles. The lowest BCUT2D eigenvalue weighted by atomic mass is 10.1. The standard InChI is InChI=1S/C25H25N3O4S/c1-6-32-24(30)21-15(3)16(4)26-22(21)27-14(2)12-18(17(27)5)13-20-23(29)28(25(31)33-20)19-10-8-7-9-11-19/h7-13,26H,6H2,1-5H3. The lowest BCUT2D eigenvalue weighted by Gasteiger charge is -2.12. The van der Waals surface area contributed by atoms with E-state index in [1.165, 1.54) is 4.90 Å². The van der Waals surface area contributed by atoms with Crippen LogP contribution in [0, 0.1) is 27.7 Å². The summed E-state index contributed by atoms with van der Waals surface area (Å²) in [7, 11) is 0. The Labute approximate surface area is 196 Å². The maximum absolute atomic E-state index is 13.0. The van der Waals surface area contributed by atoms with E-state index in [1.54, 1.807) is 37.3 Å². The van der Waals surface area contributed by atoms with E-state index in [0.29, 0.717) is 22.0 Å². The summed E-state index contributed by atoms with van der Waals surface area (Å²) in [6, 6.07) is 10.8. The van der Waals surface area contributed by atoms with E-state index in [1.807, 2.05) is 44.4 Å². The molecule has 0 spiro atoms. The number of thioether (sulfide) groups is 1. The third-order valence-corrected chi connectivity index (χ3v) is 6.62. The minimum Gasteiger partial charge on any atom is -0.462 e. The molecule has 2 aromatic heterocycles. The number of aromatic amines is 1. The summed E-state index contributed by atoms with van der Waals surface area (Å²) in [5, 5.41) is -0.327. The summed E-state index contributed by atoms with van der Waals surface area (Å²) in [5.74, 6) is -0.0948. The normalized spacial score (nSPS) is 15.1. The Hall–Kier alpha value is -3.52. The number of carbonyl (C=O) groups excluding carboxylic acids is 3. The van der Waals surface area contributed by atoms with Crippen LogP contribution in [0.15, 0.2) is 41.3 Å². The molecular formula is C25H25N3O4S. The fourth-order valence-electron chi connectivity index (χ4n) is 4.01. The van der Waals surface area contributed by atoms with Gasteiger partial charge in [-0.1, -0.05) is 18.2 Å². The number of aromatic nitrogens is 2. The van der Waals surface area contributed by atoms with Crippen LogP contribution in [0.4, 0.5) is 10.5 Å². The van der Waals surface area contributed by atoms with Crippen LogP contribution in [0.1, 0.15) is 45.5 Å². The topological polar surface area (TPSA) is 84.4 Å². The summed E-state index contributed by atoms with van der Waals surface area (Å²) in [6.07, 6.45) is 1.74. The Kier molecular flexibility index (Phi) is 6.03. The van der Waals surface area contributed by atoms with Crippen LogP contribution in [0.25, 0.3) is 11.9 Å². The number of benzene rings is 1. The molecule has 7 nitrogen and oxygen atoms in total. The Morgan fingerprint density at radius 1 is 1.12 bits per heavy atom. The van der Waals surface area contributed by atoms with Crippen molar-refractivity contribution in [1.29, 1.82) is 0 Å². The number of para-hydroxylation sites is 1. The van der Waals surface area contributed by atoms with Crippen molar-refractivity contribution in [3.63, 3.8) is 0 Å². The van der Waals surface area contributed by atoms with Crippen LogP contribution in [0.3, 0.4) is 0 Å². The first-order chi connectivity index (χ1) is 15.7. The van der Waals surface area contributed by atoms with Crippen molar-refractivity contribution in [3.8, 4) is 5.82 Å². The number of esters is 1. The number of carbonyl (C=O) groups is 3. The summed E-state index contributed by atoms with van der Waals surface area (Å²) < 4.78 is 7.23. The highest BCUT2D eigenvalue weighted by Gasteiger charge is 2.36. The van der Waals surface area contributed by atoms with Gasteiger partial charge < -0.3 is 14.3 Å². The van der Waals surface area contributed by atoms with Gasteiger partial charge >= 0.3 is 5.97 Å². The molecule has 3 aromatic rings. The first-order valence-corrected chi connectivity index (χ1v) is 11.4. The van der Waals surface area contributed by atoms with Crippen molar-refractivity contribution in [1.82, 2.24) is 9.55 Å². The van der Waals surface area contributed by atoms with Gasteiger partial charge in [-0.15, -0.1) is 0 Å². The van der Waals surface area contributed by atoms with Gasteiger partial charge in [-0.3, -0.25) is 9.59 Å². The summed E-state index contributed by atoms with van der Waals surface area (Å²) in [4.78, 5) is 43.1. The van der Waals surface area contributed by atoms with Gasteiger partial charge in [0.05, 0.1) is 17.2 Å². The second kappa shape index (κ2) is 8.78. The molecule has 1 aliphatic rings. The molecule has 0 unspecified atom stereocenters. The van der Waals surface area contributed by atoms with E-state index in [0.717, 1.165) is 40.0 Å². The van der Waals surface area contributed by atoms with Gasteiger partial charge in [0.25, 0.3) is 11.1 Å². The molecule has 33 heavy (non-hydrogen) atoms. The molecular weight excluding hydrogens is 438 g/mol. The molecule has 2 amide bonds. The quantitative estimate of drug-likeness (QED) is 0.401. The van der Waals surface area contributed by atoms with E-state index < -0.39 is 0 Å². The van der Waals surface area contributed by atoms with E-state index in [4.69, 9.17) is 4.74 Å². The van der Waals surface area contributed by atoms with Gasteiger partial charge in [0.15, 0.2) is 0 Å². The van der Waals surface area contributed by atoms with Crippen molar-refractivity contribution in [2.75, 3.05) is 11.5 Å². The van der Waals surface area contributed by atoms with Gasteiger partial charge in [0.2, 0.25) is 0 Å². The average molecular weight is 464 g/mol. The van der Waals surface area contributed by atoms with Crippen LogP contribution in [-0.4, -0.2) is 33.3 Å². The number of hydrogen-bond acceptors (Lipinski definition) is 5. The molecule has 1 N–H and O–H groups in total. The van der Waals surface area contributed by atoms with Crippen molar-refractivity contribution in [2.45, 2.75) is 34.6 Å². The number of H-pyrrole nitrogens is 1. The lowest BCUT2D eigenvalue weighted by Crippen LogP contribution is -2.27. The SMILES string of the molecule is CCOC(=O)c1c(-n2c(C)cc(C=C3SC(=O)N(c4ccccc4)C3=O)c2C)[nH]c(C)c1C. The minimum atomic E-state index is -0.382. The van der Waals surface area contributed by atoms with E-state index in [2.05, 4.69) is 4.98 Å². The van der Waals surface area contributed by atoms with Gasteiger partial charge in [-0.25, -0.2) is 9.69 Å². The summed E-state index contributed by atoms with van der Waals surface area (Å²) in [5.41, 5.74) is 5.27. The van der Waals surface area contributed by atoms with Crippen molar-refractivity contribution >= 4 is 40.6 Å². The molecule has 0 radical (unpaired) electrons. The summed E-state index contributed by atoms with van der Waals surface area (Å²) >= 11 is 0.920. The molecule has 0 atom stereocenters. The molecule has 1 aliphatic heterocycles. The number of hydrogen-bond donors (Lipinski definition) is 1. The number of ether oxygens (including phenoxy) is 1. The highest BCUT2D eigenvalue weighted by atomic mass is 32.2. The molecule has 1 fully saturated rings. The highest BCUT2D eigenvalue weighted by Crippen LogP contribution is 2.37. The number of nitrogens with zero attached hydrogens (tertiary/aromatic N) is 2. The van der Waals surface area contributed by atoms with E-state index in [9.17, 15) is 14.4 Å². The first-order valence-electron chi connectivity index (χ1n) is 10.6. The van der Waals surface area contributed by atoms with Crippen LogP contribution in [0.5, 0.6) is 0 Å². The number of imide groups is 1. The Morgan fingerprint density at radius 2 is 1.82 bits per heavy atom. The number of rotatable bonds is 5. The van der Waals surface area contributed by atoms with Crippen LogP contribution in [0.2, 0.25) is 0 Å². The molecule has 170 valence electrons. The Bertz CT molecular complexity index is 1300. The molecule has 8 heteroatoms. The predicted molar refractivity (Wildman–Crippen MR) is 130 cm³/mol. The number of amides is 2. The zero-order valence-electron chi connectivity index (χ0n) is 19.2. The average Bonchev–Trinajstić information content (AvgIpc) is 3.33. The Morgan fingerprint density at radius 3 is 2.48 bits per heavy atom. The largest absolute Gasteiger partial charge is 0.462 e. The van der Waals surface area contributed by atoms with Crippen LogP contribution >= 0.6 is 11.8 Å². The van der Waals surface area contributed by atoms with Gasteiger partial charge in [-0.05, 0) is 81.8 Å². The number of nitrogens with one attached hydrogen (secondary N) is 1. The maximum Gasteiger partial charge on any atom is 0.342 e. The fraction of sp³-hybridized carbons (Fsp3) is 0.240. The molecule has 3 heterocycles. The number of aryl methyl sites for hydroxylation is 2. The smallest absolute Gasteiger partial charge is 0.342 e. The maximum atomic E-state index is 13.0. The van der Waals surface area contributed by atoms with Crippen molar-refractivity contribution in [3.05, 3.63) is 75.1 Å². The third kappa shape index (κ3) is 3.91. The second-order valence-electron chi connectivity index (χ2n) is 7.83. The van der Waals surface area contributed by atoms with Crippen molar-refractivity contribution < 1.29 is 19.1 Å². The molecule has 1 aromatic carbocycles. The van der Waals surface area contributed by atoms with Gasteiger partial charge in [0.1, 0.15) is 11.4 Å². The zero-order chi connectivity index (χ0) is 23.9. The molecule has 0 aliphatic carbocycles. The van der Waals surface area contributed by atoms with Gasteiger partial charge in [0, 0.05) is 17.1 Å². The summed E-state index contributed by atoms with van der Waals surface area (Å²) in [6.45, 7) is 9.71. The molecule has 0 saturated carbocycles. The Balaban J connectivity index is 1.75. The van der Waals surface area contributed by atoms with E-state index in [-0.39, 0.29) is 23.7 Å². The van der Waals surface area contributed by atoms with Crippen molar-refractivity contribution in [2.24, 2.45) is 0 Å². The van der Waals surface area contributed by atoms with Crippen LogP contribution in [-0.2, 0) is 9.53 Å². The highest BCUT2D eigenvalue weighted by molar-refractivity contribution is 8.19. The fourth-order valence-corrected chi connectivity index (χ4v) is 4.84. The third-order valence-electron chi connectivity index (χ3n) is 5.75.